The fourth-order valence-corrected chi connectivity index (χ4v) is 3.16. The first kappa shape index (κ1) is 18.1. The highest BCUT2D eigenvalue weighted by atomic mass is 35.5. The second-order valence-electron chi connectivity index (χ2n) is 6.05. The maximum atomic E-state index is 13.1. The lowest BCUT2D eigenvalue weighted by molar-refractivity contribution is -0.139. The molecule has 0 aliphatic rings. The zero-order valence-corrected chi connectivity index (χ0v) is 15.4. The van der Waals surface area contributed by atoms with Gasteiger partial charge in [0.05, 0.1) is 19.2 Å². The molecule has 0 aliphatic heterocycles. The van der Waals surface area contributed by atoms with Crippen LogP contribution in [0.3, 0.4) is 0 Å². The van der Waals surface area contributed by atoms with E-state index < -0.39 is 5.97 Å². The highest BCUT2D eigenvalue weighted by Crippen LogP contribution is 2.28. The van der Waals surface area contributed by atoms with Gasteiger partial charge in [0.15, 0.2) is 0 Å². The Kier molecular flexibility index (Phi) is 5.38. The number of esters is 1. The van der Waals surface area contributed by atoms with E-state index in [2.05, 4.69) is 16.9 Å². The third-order valence-electron chi connectivity index (χ3n) is 4.24. The van der Waals surface area contributed by atoms with Gasteiger partial charge in [-0.15, -0.1) is 0 Å². The number of carbonyl (C=O) groups is 2. The summed E-state index contributed by atoms with van der Waals surface area (Å²) in [5.74, 6) is -0.679. The van der Waals surface area contributed by atoms with Gasteiger partial charge in [0.1, 0.15) is 5.69 Å². The summed E-state index contributed by atoms with van der Waals surface area (Å²) in [6, 6.07) is 8.96. The van der Waals surface area contributed by atoms with Gasteiger partial charge < -0.3 is 9.72 Å². The summed E-state index contributed by atoms with van der Waals surface area (Å²) in [5, 5.41) is 1.26. The molecular weight excluding hydrogens is 352 g/mol. The number of fused-ring (bicyclic) bond motifs is 1. The third kappa shape index (κ3) is 3.63. The topological polar surface area (TPSA) is 72.0 Å². The van der Waals surface area contributed by atoms with E-state index in [0.29, 0.717) is 22.0 Å². The normalized spacial score (nSPS) is 10.9. The molecule has 2 heterocycles. The first-order chi connectivity index (χ1) is 12.5. The number of aryl methyl sites for hydroxylation is 1. The molecule has 0 atom stereocenters. The van der Waals surface area contributed by atoms with Crippen molar-refractivity contribution < 1.29 is 14.3 Å². The van der Waals surface area contributed by atoms with Crippen LogP contribution >= 0.6 is 11.6 Å². The molecule has 3 rings (SSSR count). The van der Waals surface area contributed by atoms with Crippen molar-refractivity contribution in [3.8, 4) is 0 Å². The quantitative estimate of drug-likeness (QED) is 0.523. The fourth-order valence-electron chi connectivity index (χ4n) is 2.98. The van der Waals surface area contributed by atoms with E-state index in [9.17, 15) is 9.59 Å². The molecule has 0 fully saturated rings. The number of aromatic amines is 1. The molecule has 5 nitrogen and oxygen atoms in total. The lowest BCUT2D eigenvalue weighted by atomic mass is 10.0. The first-order valence-electron chi connectivity index (χ1n) is 8.40. The van der Waals surface area contributed by atoms with Gasteiger partial charge in [-0.2, -0.15) is 0 Å². The standard InChI is InChI=1S/C20H19ClN2O3/c1-3-4-12-7-8-22-17(9-12)20(25)19-15(11-18(24)26-2)14-10-13(21)5-6-16(14)23-19/h5-10,23H,3-4,11H2,1-2H3. The summed E-state index contributed by atoms with van der Waals surface area (Å²) in [6.45, 7) is 2.08. The largest absolute Gasteiger partial charge is 0.469 e. The van der Waals surface area contributed by atoms with Crippen LogP contribution in [0.1, 0.15) is 40.7 Å². The first-order valence-corrected chi connectivity index (χ1v) is 8.77. The Labute approximate surface area is 156 Å². The van der Waals surface area contributed by atoms with Crippen molar-refractivity contribution in [3.63, 3.8) is 0 Å². The maximum absolute atomic E-state index is 13.1. The molecule has 6 heteroatoms. The summed E-state index contributed by atoms with van der Waals surface area (Å²) in [4.78, 5) is 32.3. The number of ketones is 1. The Morgan fingerprint density at radius 1 is 1.23 bits per heavy atom. The molecule has 0 radical (unpaired) electrons. The van der Waals surface area contributed by atoms with Gasteiger partial charge >= 0.3 is 5.97 Å². The smallest absolute Gasteiger partial charge is 0.310 e. The fraction of sp³-hybridized carbons (Fsp3) is 0.250. The molecule has 0 unspecified atom stereocenters. The molecule has 0 spiro atoms. The molecular formula is C20H19ClN2O3. The van der Waals surface area contributed by atoms with Crippen LogP contribution < -0.4 is 0 Å². The van der Waals surface area contributed by atoms with E-state index in [1.165, 1.54) is 7.11 Å². The summed E-state index contributed by atoms with van der Waals surface area (Å²) in [5.41, 5.74) is 3.05. The molecule has 2 aromatic heterocycles. The van der Waals surface area contributed by atoms with E-state index in [1.807, 2.05) is 6.07 Å². The second kappa shape index (κ2) is 7.70. The third-order valence-corrected chi connectivity index (χ3v) is 4.47. The van der Waals surface area contributed by atoms with Crippen molar-refractivity contribution in [2.45, 2.75) is 26.2 Å². The lowest BCUT2D eigenvalue weighted by Gasteiger charge is -2.05. The average molecular weight is 371 g/mol. The van der Waals surface area contributed by atoms with Crippen LogP contribution in [-0.2, 0) is 22.4 Å². The molecule has 1 N–H and O–H groups in total. The van der Waals surface area contributed by atoms with Crippen molar-refractivity contribution in [2.75, 3.05) is 7.11 Å². The van der Waals surface area contributed by atoms with Crippen LogP contribution in [-0.4, -0.2) is 28.8 Å². The van der Waals surface area contributed by atoms with E-state index in [-0.39, 0.29) is 12.2 Å². The molecule has 0 bridgehead atoms. The van der Waals surface area contributed by atoms with Crippen molar-refractivity contribution >= 4 is 34.3 Å². The number of hydrogen-bond donors (Lipinski definition) is 1. The van der Waals surface area contributed by atoms with E-state index in [0.717, 1.165) is 29.3 Å². The van der Waals surface area contributed by atoms with Gasteiger partial charge in [-0.1, -0.05) is 24.9 Å². The minimum absolute atomic E-state index is 0.0213. The monoisotopic (exact) mass is 370 g/mol. The number of halogens is 1. The molecule has 0 saturated heterocycles. The number of pyridine rings is 1. The van der Waals surface area contributed by atoms with Crippen LogP contribution in [0.2, 0.25) is 5.02 Å². The number of benzene rings is 1. The van der Waals surface area contributed by atoms with Gasteiger partial charge in [-0.05, 0) is 42.3 Å². The van der Waals surface area contributed by atoms with Crippen LogP contribution in [0.15, 0.2) is 36.5 Å². The number of nitrogens with zero attached hydrogens (tertiary/aromatic N) is 1. The van der Waals surface area contributed by atoms with Crippen molar-refractivity contribution in [1.29, 1.82) is 0 Å². The van der Waals surface area contributed by atoms with E-state index >= 15 is 0 Å². The molecule has 0 amide bonds. The van der Waals surface area contributed by atoms with Crippen molar-refractivity contribution in [1.82, 2.24) is 9.97 Å². The summed E-state index contributed by atoms with van der Waals surface area (Å²) >= 11 is 6.10. The zero-order valence-electron chi connectivity index (χ0n) is 14.6. The number of aromatic nitrogens is 2. The molecule has 0 aliphatic carbocycles. The van der Waals surface area contributed by atoms with Crippen LogP contribution in [0.25, 0.3) is 10.9 Å². The molecule has 134 valence electrons. The van der Waals surface area contributed by atoms with Gasteiger partial charge in [0, 0.05) is 27.7 Å². The summed E-state index contributed by atoms with van der Waals surface area (Å²) in [6.07, 6.45) is 3.47. The Hall–Kier alpha value is -2.66. The van der Waals surface area contributed by atoms with Gasteiger partial charge in [-0.3, -0.25) is 14.6 Å². The number of methoxy groups -OCH3 is 1. The van der Waals surface area contributed by atoms with E-state index in [1.54, 1.807) is 30.5 Å². The van der Waals surface area contributed by atoms with Crippen LogP contribution in [0, 0.1) is 0 Å². The highest BCUT2D eigenvalue weighted by molar-refractivity contribution is 6.31. The average Bonchev–Trinajstić information content (AvgIpc) is 2.99. The Balaban J connectivity index is 2.11. The van der Waals surface area contributed by atoms with E-state index in [4.69, 9.17) is 16.3 Å². The minimum atomic E-state index is -0.424. The lowest BCUT2D eigenvalue weighted by Crippen LogP contribution is -2.11. The number of rotatable bonds is 6. The zero-order chi connectivity index (χ0) is 18.7. The number of ether oxygens (including phenoxy) is 1. The molecule has 1 aromatic carbocycles. The minimum Gasteiger partial charge on any atom is -0.469 e. The van der Waals surface area contributed by atoms with Crippen LogP contribution in [0.5, 0.6) is 0 Å². The van der Waals surface area contributed by atoms with Gasteiger partial charge in [-0.25, -0.2) is 0 Å². The van der Waals surface area contributed by atoms with Gasteiger partial charge in [0.25, 0.3) is 0 Å². The second-order valence-corrected chi connectivity index (χ2v) is 6.49. The molecule has 26 heavy (non-hydrogen) atoms. The highest BCUT2D eigenvalue weighted by Gasteiger charge is 2.22. The Bertz CT molecular complexity index is 978. The Morgan fingerprint density at radius 3 is 2.77 bits per heavy atom. The maximum Gasteiger partial charge on any atom is 0.310 e. The predicted octanol–water partition coefficient (Wildman–Crippen LogP) is 4.12. The van der Waals surface area contributed by atoms with Crippen LogP contribution in [0.4, 0.5) is 0 Å². The molecule has 0 saturated carbocycles. The number of nitrogens with one attached hydrogen (secondary N) is 1. The number of carbonyl (C=O) groups excluding carboxylic acids is 2. The van der Waals surface area contributed by atoms with Crippen molar-refractivity contribution in [2.24, 2.45) is 0 Å². The van der Waals surface area contributed by atoms with Gasteiger partial charge in [0.2, 0.25) is 5.78 Å². The number of H-pyrrole nitrogens is 1. The molecule has 3 aromatic rings. The van der Waals surface area contributed by atoms with Crippen molar-refractivity contribution in [3.05, 3.63) is 64.1 Å². The number of hydrogen-bond acceptors (Lipinski definition) is 4. The predicted molar refractivity (Wildman–Crippen MR) is 101 cm³/mol. The summed E-state index contributed by atoms with van der Waals surface area (Å²) < 4.78 is 4.78. The summed E-state index contributed by atoms with van der Waals surface area (Å²) in [7, 11) is 1.32. The SMILES string of the molecule is CCCc1ccnc(C(=O)c2[nH]c3ccc(Cl)cc3c2CC(=O)OC)c1. The Morgan fingerprint density at radius 2 is 2.04 bits per heavy atom.